The Morgan fingerprint density at radius 1 is 0.786 bits per heavy atom. The van der Waals surface area contributed by atoms with Crippen LogP contribution in [0.2, 0.25) is 54.4 Å². The van der Waals surface area contributed by atoms with E-state index in [4.69, 9.17) is 18.0 Å². The fourth-order valence-corrected chi connectivity index (χ4v) is 9.01. The van der Waals surface area contributed by atoms with Crippen LogP contribution in [0.3, 0.4) is 0 Å². The lowest BCUT2D eigenvalue weighted by molar-refractivity contribution is -0.178. The second-order valence-electron chi connectivity index (χ2n) is 17.0. The molecule has 42 heavy (non-hydrogen) atoms. The van der Waals surface area contributed by atoms with Crippen molar-refractivity contribution in [1.29, 1.82) is 0 Å². The van der Waals surface area contributed by atoms with Crippen molar-refractivity contribution in [3.05, 3.63) is 45.4 Å². The minimum absolute atomic E-state index is 0.00769. The standard InChI is InChI=1S/C33H57BrO5Si3/c1-22-26(34)29(35)37-33(22)25(21-36-40(11,12)30(2,3)4)27(38-41(13,14)31(5,6)7)23-19-17-18-20-24(23)28(33)39-42(15,16)32(8,9)10/h17-20,25,27-28H,21H2,1-16H3/t25-,27+,28-,33-/m0/s1. The lowest BCUT2D eigenvalue weighted by Gasteiger charge is -2.55. The minimum Gasteiger partial charge on any atom is -0.447 e. The zero-order valence-electron chi connectivity index (χ0n) is 29.2. The summed E-state index contributed by atoms with van der Waals surface area (Å²) in [6.07, 6.45) is -0.812. The Balaban J connectivity index is 2.38. The SMILES string of the molecule is CC1=C(Br)C(=O)O[C@@]12[C@@H](O[Si](C)(C)C(C)(C)C)c1ccccc1[C@@H](O[Si](C)(C)C(C)(C)C)[C@@H]2CO[Si](C)(C)C(C)(C)C. The maximum absolute atomic E-state index is 13.5. The summed E-state index contributed by atoms with van der Waals surface area (Å²) < 4.78 is 28.9. The number of hydrogen-bond donors (Lipinski definition) is 0. The number of rotatable bonds is 7. The average Bonchev–Trinajstić information content (AvgIpc) is 3.03. The number of fused-ring (bicyclic) bond motifs is 1. The zero-order chi connectivity index (χ0) is 32.5. The van der Waals surface area contributed by atoms with Gasteiger partial charge in [-0.05, 0) is 94.0 Å². The van der Waals surface area contributed by atoms with Crippen LogP contribution < -0.4 is 0 Å². The number of esters is 1. The van der Waals surface area contributed by atoms with E-state index in [1.165, 1.54) is 0 Å². The van der Waals surface area contributed by atoms with Crippen LogP contribution in [0.1, 0.15) is 92.6 Å². The molecule has 5 nitrogen and oxygen atoms in total. The molecule has 0 aromatic heterocycles. The van der Waals surface area contributed by atoms with E-state index >= 15 is 0 Å². The number of carbonyl (C=O) groups is 1. The van der Waals surface area contributed by atoms with Crippen molar-refractivity contribution in [3.8, 4) is 0 Å². The first-order valence-electron chi connectivity index (χ1n) is 15.4. The highest BCUT2D eigenvalue weighted by Gasteiger charge is 2.65. The van der Waals surface area contributed by atoms with Gasteiger partial charge in [0.05, 0.1) is 12.0 Å². The molecule has 3 rings (SSSR count). The smallest absolute Gasteiger partial charge is 0.346 e. The first-order chi connectivity index (χ1) is 18.7. The van der Waals surface area contributed by atoms with E-state index in [0.29, 0.717) is 11.1 Å². The molecule has 0 saturated heterocycles. The van der Waals surface area contributed by atoms with Crippen LogP contribution in [0.5, 0.6) is 0 Å². The Morgan fingerprint density at radius 2 is 1.24 bits per heavy atom. The second kappa shape index (κ2) is 11.4. The van der Waals surface area contributed by atoms with Gasteiger partial charge in [0.1, 0.15) is 10.6 Å². The molecule has 2 aliphatic rings. The van der Waals surface area contributed by atoms with Gasteiger partial charge < -0.3 is 18.0 Å². The Hall–Kier alpha value is -0.559. The topological polar surface area (TPSA) is 54.0 Å². The maximum atomic E-state index is 13.5. The average molecular weight is 698 g/mol. The lowest BCUT2D eigenvalue weighted by Crippen LogP contribution is -2.59. The van der Waals surface area contributed by atoms with Crippen LogP contribution in [0, 0.1) is 5.92 Å². The molecule has 0 unspecified atom stereocenters. The molecule has 0 saturated carbocycles. The number of carbonyl (C=O) groups excluding carboxylic acids is 1. The molecule has 0 N–H and O–H groups in total. The van der Waals surface area contributed by atoms with Gasteiger partial charge in [0.15, 0.2) is 30.6 Å². The maximum Gasteiger partial charge on any atom is 0.346 e. The quantitative estimate of drug-likeness (QED) is 0.210. The monoisotopic (exact) mass is 696 g/mol. The van der Waals surface area contributed by atoms with Gasteiger partial charge >= 0.3 is 5.97 Å². The fourth-order valence-electron chi connectivity index (χ4n) is 5.07. The van der Waals surface area contributed by atoms with Gasteiger partial charge in [0.2, 0.25) is 0 Å². The van der Waals surface area contributed by atoms with Crippen molar-refractivity contribution in [2.45, 2.75) is 141 Å². The van der Waals surface area contributed by atoms with E-state index in [1.54, 1.807) is 0 Å². The molecule has 0 fully saturated rings. The highest BCUT2D eigenvalue weighted by Crippen LogP contribution is 2.61. The molecule has 0 bridgehead atoms. The molecule has 1 heterocycles. The molecule has 4 atom stereocenters. The Labute approximate surface area is 268 Å². The number of hydrogen-bond acceptors (Lipinski definition) is 5. The number of halogens is 1. The molecule has 238 valence electrons. The van der Waals surface area contributed by atoms with Gasteiger partial charge in [-0.25, -0.2) is 4.79 Å². The normalized spacial score (nSPS) is 26.1. The van der Waals surface area contributed by atoms with Gasteiger partial charge in [-0.15, -0.1) is 0 Å². The summed E-state index contributed by atoms with van der Waals surface area (Å²) in [4.78, 5) is 13.5. The van der Waals surface area contributed by atoms with Gasteiger partial charge in [-0.1, -0.05) is 86.6 Å². The van der Waals surface area contributed by atoms with Crippen LogP contribution >= 0.6 is 15.9 Å². The van der Waals surface area contributed by atoms with Crippen LogP contribution in [0.25, 0.3) is 0 Å². The third kappa shape index (κ3) is 6.27. The predicted octanol–water partition coefficient (Wildman–Crippen LogP) is 10.4. The summed E-state index contributed by atoms with van der Waals surface area (Å²) in [7, 11) is -6.79. The summed E-state index contributed by atoms with van der Waals surface area (Å²) in [5.74, 6) is -0.650. The highest BCUT2D eigenvalue weighted by molar-refractivity contribution is 9.12. The molecule has 1 aliphatic carbocycles. The summed E-state index contributed by atoms with van der Waals surface area (Å²) in [5, 5.41) is -0.0220. The summed E-state index contributed by atoms with van der Waals surface area (Å²) in [6.45, 7) is 36.5. The van der Waals surface area contributed by atoms with E-state index in [9.17, 15) is 4.79 Å². The predicted molar refractivity (Wildman–Crippen MR) is 186 cm³/mol. The fraction of sp³-hybridized carbons (Fsp3) is 0.727. The van der Waals surface area contributed by atoms with E-state index < -0.39 is 36.7 Å². The van der Waals surface area contributed by atoms with E-state index in [2.05, 4.69) is 142 Å². The van der Waals surface area contributed by atoms with Crippen molar-refractivity contribution in [2.24, 2.45) is 5.92 Å². The molecular weight excluding hydrogens is 641 g/mol. The minimum atomic E-state index is -2.34. The first-order valence-corrected chi connectivity index (χ1v) is 24.9. The van der Waals surface area contributed by atoms with Crippen molar-refractivity contribution >= 4 is 46.9 Å². The summed E-state index contributed by atoms with van der Waals surface area (Å²) in [6, 6.07) is 8.49. The van der Waals surface area contributed by atoms with E-state index in [0.717, 1.165) is 16.7 Å². The Kier molecular flexibility index (Phi) is 9.71. The van der Waals surface area contributed by atoms with Crippen molar-refractivity contribution in [2.75, 3.05) is 6.61 Å². The van der Waals surface area contributed by atoms with E-state index in [-0.39, 0.29) is 33.1 Å². The van der Waals surface area contributed by atoms with Gasteiger partial charge in [-0.2, -0.15) is 0 Å². The molecular formula is C33H57BrO5Si3. The number of benzene rings is 1. The Bertz CT molecular complexity index is 1220. The van der Waals surface area contributed by atoms with Crippen LogP contribution in [0.15, 0.2) is 34.3 Å². The van der Waals surface area contributed by atoms with E-state index in [1.807, 2.05) is 6.92 Å². The lowest BCUT2D eigenvalue weighted by atomic mass is 9.66. The van der Waals surface area contributed by atoms with Gasteiger partial charge in [0, 0.05) is 6.61 Å². The second-order valence-corrected chi connectivity index (χ2v) is 32.1. The van der Waals surface area contributed by atoms with Gasteiger partial charge in [0.25, 0.3) is 0 Å². The van der Waals surface area contributed by atoms with Crippen LogP contribution in [-0.2, 0) is 22.8 Å². The first kappa shape index (κ1) is 35.9. The summed E-state index contributed by atoms with van der Waals surface area (Å²) >= 11 is 3.63. The van der Waals surface area contributed by atoms with Crippen LogP contribution in [0.4, 0.5) is 0 Å². The summed E-state index contributed by atoms with van der Waals surface area (Å²) in [5.41, 5.74) is 1.95. The van der Waals surface area contributed by atoms with Crippen molar-refractivity contribution in [1.82, 2.24) is 0 Å². The number of ether oxygens (including phenoxy) is 1. The highest BCUT2D eigenvalue weighted by atomic mass is 79.9. The largest absolute Gasteiger partial charge is 0.447 e. The molecule has 1 aliphatic heterocycles. The molecule has 1 aromatic carbocycles. The molecule has 1 aromatic rings. The Morgan fingerprint density at radius 3 is 1.67 bits per heavy atom. The van der Waals surface area contributed by atoms with Gasteiger partial charge in [-0.3, -0.25) is 0 Å². The third-order valence-corrected chi connectivity index (χ3v) is 25.4. The van der Waals surface area contributed by atoms with Crippen LogP contribution in [-0.4, -0.2) is 43.1 Å². The molecule has 0 radical (unpaired) electrons. The molecule has 0 amide bonds. The molecule has 1 spiro atoms. The molecule has 9 heteroatoms. The third-order valence-electron chi connectivity index (χ3n) is 11.1. The zero-order valence-corrected chi connectivity index (χ0v) is 33.8. The van der Waals surface area contributed by atoms with Crippen molar-refractivity contribution in [3.63, 3.8) is 0 Å². The van der Waals surface area contributed by atoms with Crippen molar-refractivity contribution < 1.29 is 22.8 Å².